The van der Waals surface area contributed by atoms with Crippen LogP contribution in [0, 0.1) is 23.6 Å². The number of amides is 3. The number of nitrogens with zero attached hydrogens (tertiary/aromatic N) is 3. The number of hydrogen-bond donors (Lipinski definition) is 2. The van der Waals surface area contributed by atoms with Gasteiger partial charge in [0.15, 0.2) is 0 Å². The maximum absolute atomic E-state index is 13.6. The minimum absolute atomic E-state index is 0. The van der Waals surface area contributed by atoms with Gasteiger partial charge in [-0.1, -0.05) is 18.8 Å². The summed E-state index contributed by atoms with van der Waals surface area (Å²) in [5.74, 6) is 5.82. The van der Waals surface area contributed by atoms with Gasteiger partial charge in [0, 0.05) is 45.4 Å². The summed E-state index contributed by atoms with van der Waals surface area (Å²) in [6, 6.07) is 13.6. The molecule has 0 spiro atoms. The van der Waals surface area contributed by atoms with Crippen LogP contribution in [0.5, 0.6) is 11.6 Å². The van der Waals surface area contributed by atoms with Gasteiger partial charge in [0.25, 0.3) is 5.91 Å². The molecule has 4 rings (SSSR count). The summed E-state index contributed by atoms with van der Waals surface area (Å²) in [7, 11) is 3.23. The van der Waals surface area contributed by atoms with Gasteiger partial charge in [0.1, 0.15) is 23.2 Å². The Kier molecular flexibility index (Phi) is 9.42. The average Bonchev–Trinajstić information content (AvgIpc) is 2.98. The van der Waals surface area contributed by atoms with Crippen LogP contribution in [0.4, 0.5) is 14.9 Å². The van der Waals surface area contributed by atoms with Crippen molar-refractivity contribution in [3.63, 3.8) is 0 Å². The normalized spacial score (nSPS) is 17.1. The molecule has 0 saturated heterocycles. The lowest BCUT2D eigenvalue weighted by Crippen LogP contribution is -2.50. The van der Waals surface area contributed by atoms with Crippen molar-refractivity contribution in [3.8, 4) is 23.5 Å². The van der Waals surface area contributed by atoms with Crippen LogP contribution in [-0.4, -0.2) is 77.8 Å². The lowest BCUT2D eigenvalue weighted by atomic mass is 10.00. The van der Waals surface area contributed by atoms with E-state index in [-0.39, 0.29) is 51.1 Å². The molecule has 9 nitrogen and oxygen atoms in total. The zero-order valence-corrected chi connectivity index (χ0v) is 23.4. The molecule has 0 bridgehead atoms. The lowest BCUT2D eigenvalue weighted by molar-refractivity contribution is 0.0356. The van der Waals surface area contributed by atoms with E-state index in [1.165, 1.54) is 23.2 Å². The van der Waals surface area contributed by atoms with Crippen molar-refractivity contribution in [1.29, 1.82) is 0 Å². The number of anilines is 1. The first-order valence-electron chi connectivity index (χ1n) is 13.2. The van der Waals surface area contributed by atoms with E-state index in [9.17, 15) is 19.1 Å². The smallest absolute Gasteiger partial charge is 0.321 e. The van der Waals surface area contributed by atoms with Gasteiger partial charge in [-0.2, -0.15) is 0 Å². The zero-order chi connectivity index (χ0) is 29.5. The molecule has 0 aliphatic carbocycles. The molecule has 3 aromatic rings. The highest BCUT2D eigenvalue weighted by molar-refractivity contribution is 5.97. The molecule has 0 unspecified atom stereocenters. The third-order valence-electron chi connectivity index (χ3n) is 6.86. The number of carbonyl (C=O) groups excluding carboxylic acids is 2. The number of pyridine rings is 1. The minimum Gasteiger partial charge on any atom is -0.497 e. The first-order chi connectivity index (χ1) is 19.7. The Hall–Kier alpha value is -4.62. The topological polar surface area (TPSA) is 104 Å². The van der Waals surface area contributed by atoms with Crippen molar-refractivity contribution < 1.29 is 31.4 Å². The number of rotatable bonds is 6. The Morgan fingerprint density at radius 2 is 1.93 bits per heavy atom. The first kappa shape index (κ1) is 29.4. The molecule has 1 aromatic heterocycles. The number of aromatic nitrogens is 1. The molecule has 0 radical (unpaired) electrons. The summed E-state index contributed by atoms with van der Waals surface area (Å²) in [5.41, 5.74) is 1.91. The molecular weight excluding hydrogens is 527 g/mol. The highest BCUT2D eigenvalue weighted by Gasteiger charge is 2.34. The number of benzene rings is 2. The predicted molar refractivity (Wildman–Crippen MR) is 157 cm³/mol. The predicted octanol–water partition coefficient (Wildman–Crippen LogP) is 4.51. The van der Waals surface area contributed by atoms with Gasteiger partial charge >= 0.3 is 6.03 Å². The monoisotopic (exact) mass is 564 g/mol. The number of urea groups is 1. The van der Waals surface area contributed by atoms with Gasteiger partial charge in [0.2, 0.25) is 5.88 Å². The van der Waals surface area contributed by atoms with Crippen molar-refractivity contribution in [2.45, 2.75) is 26.0 Å². The van der Waals surface area contributed by atoms with E-state index in [2.05, 4.69) is 22.1 Å². The molecule has 1 aliphatic heterocycles. The largest absolute Gasteiger partial charge is 0.497 e. The fraction of sp³-hybridized carbons (Fsp3) is 0.323. The SMILES string of the molecule is COc1ccc(NC(=O)N(C)C[C@@H]2Oc3ncc(C#Cc4ccc(F)cc4)cc3C(=O)N([C@H](C)CO)C[C@@H]2C)cc1.[HH].[HH]. The maximum atomic E-state index is 13.6. The summed E-state index contributed by atoms with van der Waals surface area (Å²) < 4.78 is 24.7. The van der Waals surface area contributed by atoms with Gasteiger partial charge < -0.3 is 29.7 Å². The van der Waals surface area contributed by atoms with Crippen LogP contribution in [0.25, 0.3) is 0 Å². The average molecular weight is 565 g/mol. The van der Waals surface area contributed by atoms with Gasteiger partial charge in [-0.15, -0.1) is 0 Å². The number of likely N-dealkylation sites (N-methyl/N-ethyl adjacent to an activating group) is 1. The van der Waals surface area contributed by atoms with E-state index in [0.29, 0.717) is 29.1 Å². The van der Waals surface area contributed by atoms with Gasteiger partial charge in [-0.25, -0.2) is 14.2 Å². The standard InChI is InChI=1S/C31H33FN4O5.2H2/c1-20-17-36(21(2)19-37)30(38)27-15-23(6-5-22-7-9-24(32)10-8-22)16-33-29(27)41-28(20)18-35(3)31(39)34-25-11-13-26(40-4)14-12-25;;/h7-16,20-21,28,37H,17-19H2,1-4H3,(H,34,39);2*1H/t20-,21+,28-;;/m0../s1. The summed E-state index contributed by atoms with van der Waals surface area (Å²) in [6.45, 7) is 3.98. The molecule has 2 N–H and O–H groups in total. The van der Waals surface area contributed by atoms with E-state index >= 15 is 0 Å². The highest BCUT2D eigenvalue weighted by atomic mass is 19.1. The van der Waals surface area contributed by atoms with Crippen LogP contribution in [-0.2, 0) is 0 Å². The maximum Gasteiger partial charge on any atom is 0.321 e. The molecule has 2 aromatic carbocycles. The molecule has 2 heterocycles. The minimum atomic E-state index is -0.509. The molecule has 3 amide bonds. The van der Waals surface area contributed by atoms with Gasteiger partial charge in [0.05, 0.1) is 26.3 Å². The van der Waals surface area contributed by atoms with Crippen molar-refractivity contribution in [2.24, 2.45) is 5.92 Å². The fourth-order valence-electron chi connectivity index (χ4n) is 4.31. The molecule has 1 aliphatic rings. The molecule has 218 valence electrons. The number of fused-ring (bicyclic) bond motifs is 1. The number of aliphatic hydroxyl groups excluding tert-OH is 1. The Bertz CT molecular complexity index is 1450. The van der Waals surface area contributed by atoms with Crippen LogP contribution in [0.15, 0.2) is 60.8 Å². The third-order valence-corrected chi connectivity index (χ3v) is 6.86. The van der Waals surface area contributed by atoms with Crippen LogP contribution in [0.2, 0.25) is 0 Å². The third kappa shape index (κ3) is 7.32. The zero-order valence-electron chi connectivity index (χ0n) is 23.4. The number of methoxy groups -OCH3 is 1. The van der Waals surface area contributed by atoms with Gasteiger partial charge in [-0.3, -0.25) is 4.79 Å². The van der Waals surface area contributed by atoms with Crippen LogP contribution < -0.4 is 14.8 Å². The van der Waals surface area contributed by atoms with Crippen LogP contribution >= 0.6 is 0 Å². The number of ether oxygens (including phenoxy) is 2. The van der Waals surface area contributed by atoms with Crippen molar-refractivity contribution in [2.75, 3.05) is 39.2 Å². The quantitative estimate of drug-likeness (QED) is 0.427. The Morgan fingerprint density at radius 1 is 1.24 bits per heavy atom. The molecular formula is C31H37FN4O5. The Morgan fingerprint density at radius 3 is 2.59 bits per heavy atom. The fourth-order valence-corrected chi connectivity index (χ4v) is 4.31. The summed E-state index contributed by atoms with van der Waals surface area (Å²) >= 11 is 0. The summed E-state index contributed by atoms with van der Waals surface area (Å²) in [6.07, 6.45) is 0.997. The number of carbonyl (C=O) groups is 2. The second kappa shape index (κ2) is 13.2. The number of hydrogen-bond acceptors (Lipinski definition) is 6. The van der Waals surface area contributed by atoms with E-state index in [1.807, 2.05) is 6.92 Å². The van der Waals surface area contributed by atoms with Crippen LogP contribution in [0.1, 0.15) is 38.2 Å². The number of nitrogens with one attached hydrogen (secondary N) is 1. The van der Waals surface area contributed by atoms with E-state index in [0.717, 1.165) is 0 Å². The Balaban J connectivity index is 0.00000323. The molecule has 0 saturated carbocycles. The van der Waals surface area contributed by atoms with E-state index in [1.54, 1.807) is 68.4 Å². The lowest BCUT2D eigenvalue weighted by Gasteiger charge is -2.37. The molecule has 41 heavy (non-hydrogen) atoms. The summed E-state index contributed by atoms with van der Waals surface area (Å²) in [4.78, 5) is 34.1. The molecule has 10 heteroatoms. The molecule has 3 atom stereocenters. The van der Waals surface area contributed by atoms with Gasteiger partial charge in [-0.05, 0) is 61.5 Å². The van der Waals surface area contributed by atoms with Crippen LogP contribution in [0.3, 0.4) is 0 Å². The van der Waals surface area contributed by atoms with Crippen molar-refractivity contribution in [1.82, 2.24) is 14.8 Å². The van der Waals surface area contributed by atoms with Crippen molar-refractivity contribution in [3.05, 3.63) is 83.3 Å². The second-order valence-electron chi connectivity index (χ2n) is 10.00. The van der Waals surface area contributed by atoms with E-state index < -0.39 is 12.1 Å². The number of aliphatic hydroxyl groups is 1. The number of halogens is 1. The van der Waals surface area contributed by atoms with E-state index in [4.69, 9.17) is 9.47 Å². The summed E-state index contributed by atoms with van der Waals surface area (Å²) in [5, 5.41) is 12.7. The molecule has 0 fully saturated rings. The first-order valence-corrected chi connectivity index (χ1v) is 13.2. The van der Waals surface area contributed by atoms with Crippen molar-refractivity contribution >= 4 is 17.6 Å². The highest BCUT2D eigenvalue weighted by Crippen LogP contribution is 2.27. The Labute approximate surface area is 241 Å². The second-order valence-corrected chi connectivity index (χ2v) is 10.00.